The summed E-state index contributed by atoms with van der Waals surface area (Å²) in [5, 5.41) is 12.4. The van der Waals surface area contributed by atoms with E-state index in [0.717, 1.165) is 41.6 Å². The molecule has 0 radical (unpaired) electrons. The van der Waals surface area contributed by atoms with Crippen molar-refractivity contribution in [1.29, 1.82) is 0 Å². The van der Waals surface area contributed by atoms with Gasteiger partial charge in [0.05, 0.1) is 21.9 Å². The second-order valence-electron chi connectivity index (χ2n) is 6.95. The molecule has 1 aliphatic rings. The van der Waals surface area contributed by atoms with Gasteiger partial charge in [0.2, 0.25) is 0 Å². The second kappa shape index (κ2) is 6.78. The molecule has 25 heavy (non-hydrogen) atoms. The first-order chi connectivity index (χ1) is 12.2. The standard InChI is InChI=1S/C20H23N3OS/c1-3-4-5-14-6-8-15(9-7-14)23-18-17(22-20(23)13(2)24)12-21-16-10-11-25-19(16)18/h10-15,24H,5-9H2,1-2H3. The number of aliphatic hydroxyl groups is 1. The topological polar surface area (TPSA) is 50.9 Å². The third-order valence-electron chi connectivity index (χ3n) is 5.27. The molecule has 0 amide bonds. The summed E-state index contributed by atoms with van der Waals surface area (Å²) in [5.41, 5.74) is 3.06. The van der Waals surface area contributed by atoms with Gasteiger partial charge in [0.15, 0.2) is 0 Å². The molecule has 1 aliphatic carbocycles. The number of thiophene rings is 1. The molecule has 1 saturated carbocycles. The molecule has 0 saturated heterocycles. The summed E-state index contributed by atoms with van der Waals surface area (Å²) < 4.78 is 3.48. The largest absolute Gasteiger partial charge is 0.385 e. The van der Waals surface area contributed by atoms with Crippen molar-refractivity contribution in [1.82, 2.24) is 14.5 Å². The van der Waals surface area contributed by atoms with Crippen molar-refractivity contribution in [2.24, 2.45) is 5.92 Å². The van der Waals surface area contributed by atoms with Crippen molar-refractivity contribution >= 4 is 32.6 Å². The van der Waals surface area contributed by atoms with E-state index in [9.17, 15) is 5.11 Å². The van der Waals surface area contributed by atoms with Crippen LogP contribution in [0.15, 0.2) is 17.6 Å². The maximum absolute atomic E-state index is 10.3. The van der Waals surface area contributed by atoms with E-state index in [1.54, 1.807) is 18.3 Å². The molecule has 5 heteroatoms. The molecule has 0 aliphatic heterocycles. The lowest BCUT2D eigenvalue weighted by Gasteiger charge is -2.30. The Hall–Kier alpha value is -1.90. The highest BCUT2D eigenvalue weighted by Gasteiger charge is 2.27. The van der Waals surface area contributed by atoms with E-state index < -0.39 is 6.10 Å². The highest BCUT2D eigenvalue weighted by atomic mass is 32.1. The highest BCUT2D eigenvalue weighted by Crippen LogP contribution is 2.39. The van der Waals surface area contributed by atoms with Crippen LogP contribution in [0.5, 0.6) is 0 Å². The van der Waals surface area contributed by atoms with E-state index in [2.05, 4.69) is 32.8 Å². The fraction of sp³-hybridized carbons (Fsp3) is 0.500. The van der Waals surface area contributed by atoms with E-state index in [-0.39, 0.29) is 0 Å². The van der Waals surface area contributed by atoms with Gasteiger partial charge in [0, 0.05) is 12.5 Å². The molecule has 1 unspecified atom stereocenters. The zero-order valence-electron chi connectivity index (χ0n) is 14.7. The number of hydrogen-bond donors (Lipinski definition) is 1. The van der Waals surface area contributed by atoms with Gasteiger partial charge < -0.3 is 9.67 Å². The maximum atomic E-state index is 10.3. The average Bonchev–Trinajstić information content (AvgIpc) is 3.24. The predicted molar refractivity (Wildman–Crippen MR) is 103 cm³/mol. The fourth-order valence-corrected chi connectivity index (χ4v) is 4.90. The van der Waals surface area contributed by atoms with E-state index >= 15 is 0 Å². The van der Waals surface area contributed by atoms with Gasteiger partial charge in [-0.05, 0) is 56.9 Å². The van der Waals surface area contributed by atoms with Crippen LogP contribution in [-0.2, 0) is 0 Å². The van der Waals surface area contributed by atoms with Crippen LogP contribution in [0.25, 0.3) is 21.3 Å². The van der Waals surface area contributed by atoms with Gasteiger partial charge in [0.1, 0.15) is 17.4 Å². The van der Waals surface area contributed by atoms with Crippen LogP contribution in [0, 0.1) is 17.8 Å². The van der Waals surface area contributed by atoms with Crippen molar-refractivity contribution < 1.29 is 5.11 Å². The molecule has 0 aromatic carbocycles. The van der Waals surface area contributed by atoms with Crippen molar-refractivity contribution in [2.75, 3.05) is 0 Å². The number of aliphatic hydroxyl groups excluding tert-OH is 1. The first-order valence-electron chi connectivity index (χ1n) is 9.00. The Morgan fingerprint density at radius 2 is 2.12 bits per heavy atom. The third-order valence-corrected chi connectivity index (χ3v) is 6.18. The van der Waals surface area contributed by atoms with E-state index in [1.807, 2.05) is 13.1 Å². The Balaban J connectivity index is 1.76. The van der Waals surface area contributed by atoms with Gasteiger partial charge in [-0.1, -0.05) is 0 Å². The molecule has 0 spiro atoms. The molecule has 4 nitrogen and oxygen atoms in total. The van der Waals surface area contributed by atoms with Crippen LogP contribution in [0.1, 0.15) is 63.9 Å². The number of rotatable bonds is 3. The summed E-state index contributed by atoms with van der Waals surface area (Å²) in [7, 11) is 0. The number of fused-ring (bicyclic) bond motifs is 3. The quantitative estimate of drug-likeness (QED) is 0.685. The summed E-state index contributed by atoms with van der Waals surface area (Å²) >= 11 is 1.71. The zero-order chi connectivity index (χ0) is 17.4. The smallest absolute Gasteiger partial charge is 0.138 e. The van der Waals surface area contributed by atoms with Gasteiger partial charge in [-0.2, -0.15) is 0 Å². The Morgan fingerprint density at radius 1 is 1.32 bits per heavy atom. The van der Waals surface area contributed by atoms with Gasteiger partial charge in [-0.25, -0.2) is 4.98 Å². The number of pyridine rings is 1. The van der Waals surface area contributed by atoms with Gasteiger partial charge in [0.25, 0.3) is 0 Å². The molecule has 4 rings (SSSR count). The number of aromatic nitrogens is 3. The minimum Gasteiger partial charge on any atom is -0.385 e. The average molecular weight is 353 g/mol. The first-order valence-corrected chi connectivity index (χ1v) is 9.88. The number of hydrogen-bond acceptors (Lipinski definition) is 4. The molecular weight excluding hydrogens is 330 g/mol. The van der Waals surface area contributed by atoms with Crippen LogP contribution >= 0.6 is 11.3 Å². The minimum atomic E-state index is -0.578. The van der Waals surface area contributed by atoms with Gasteiger partial charge in [-0.15, -0.1) is 23.2 Å². The molecule has 130 valence electrons. The summed E-state index contributed by atoms with van der Waals surface area (Å²) in [6.07, 6.45) is 6.90. The molecule has 1 atom stereocenters. The Bertz CT molecular complexity index is 952. The molecule has 3 aromatic rings. The number of imidazole rings is 1. The Morgan fingerprint density at radius 3 is 2.84 bits per heavy atom. The van der Waals surface area contributed by atoms with Crippen LogP contribution in [0.4, 0.5) is 0 Å². The lowest BCUT2D eigenvalue weighted by atomic mass is 9.84. The molecule has 0 bridgehead atoms. The van der Waals surface area contributed by atoms with Crippen molar-refractivity contribution in [2.45, 2.75) is 58.1 Å². The third kappa shape index (κ3) is 2.94. The highest BCUT2D eigenvalue weighted by molar-refractivity contribution is 7.18. The Labute approximate surface area is 151 Å². The Kier molecular flexibility index (Phi) is 4.49. The second-order valence-corrected chi connectivity index (χ2v) is 7.86. The summed E-state index contributed by atoms with van der Waals surface area (Å²) in [5.74, 6) is 7.73. The minimum absolute atomic E-state index is 0.396. The van der Waals surface area contributed by atoms with E-state index in [1.165, 1.54) is 17.5 Å². The summed E-state index contributed by atoms with van der Waals surface area (Å²) in [6, 6.07) is 2.45. The lowest BCUT2D eigenvalue weighted by Crippen LogP contribution is -2.20. The molecule has 3 heterocycles. The molecule has 3 aromatic heterocycles. The molecule has 1 fully saturated rings. The zero-order valence-corrected chi connectivity index (χ0v) is 15.5. The number of nitrogens with zero attached hydrogens (tertiary/aromatic N) is 3. The van der Waals surface area contributed by atoms with Crippen molar-refractivity contribution in [3.05, 3.63) is 23.5 Å². The van der Waals surface area contributed by atoms with Crippen molar-refractivity contribution in [3.8, 4) is 11.8 Å². The normalized spacial score (nSPS) is 22.0. The van der Waals surface area contributed by atoms with Crippen LogP contribution in [-0.4, -0.2) is 19.6 Å². The first kappa shape index (κ1) is 16.6. The van der Waals surface area contributed by atoms with Gasteiger partial charge >= 0.3 is 0 Å². The maximum Gasteiger partial charge on any atom is 0.138 e. The lowest BCUT2D eigenvalue weighted by molar-refractivity contribution is 0.175. The summed E-state index contributed by atoms with van der Waals surface area (Å²) in [4.78, 5) is 9.23. The summed E-state index contributed by atoms with van der Waals surface area (Å²) in [6.45, 7) is 3.72. The predicted octanol–water partition coefficient (Wildman–Crippen LogP) is 4.84. The van der Waals surface area contributed by atoms with Crippen LogP contribution in [0.2, 0.25) is 0 Å². The van der Waals surface area contributed by atoms with Crippen LogP contribution < -0.4 is 0 Å². The SMILES string of the molecule is CC#CCC1CCC(n2c(C(C)O)nc3cnc4ccsc4c32)CC1. The fourth-order valence-electron chi connectivity index (χ4n) is 4.01. The molecule has 1 N–H and O–H groups in total. The van der Waals surface area contributed by atoms with Crippen molar-refractivity contribution in [3.63, 3.8) is 0 Å². The monoisotopic (exact) mass is 353 g/mol. The van der Waals surface area contributed by atoms with E-state index in [0.29, 0.717) is 12.0 Å². The van der Waals surface area contributed by atoms with E-state index in [4.69, 9.17) is 4.98 Å². The van der Waals surface area contributed by atoms with Crippen LogP contribution in [0.3, 0.4) is 0 Å². The van der Waals surface area contributed by atoms with Gasteiger partial charge in [-0.3, -0.25) is 4.98 Å². The molecular formula is C20H23N3OS.